The second kappa shape index (κ2) is 10.6. The van der Waals surface area contributed by atoms with Crippen LogP contribution in [-0.2, 0) is 6.42 Å². The molecule has 1 unspecified atom stereocenters. The number of fused-ring (bicyclic) bond motifs is 1. The molecule has 3 rings (SSSR count). The van der Waals surface area contributed by atoms with Crippen molar-refractivity contribution in [3.05, 3.63) is 48.0 Å². The van der Waals surface area contributed by atoms with Crippen LogP contribution in [0, 0.1) is 0 Å². The summed E-state index contributed by atoms with van der Waals surface area (Å²) in [7, 11) is 1.91. The molecule has 4 heteroatoms. The lowest BCUT2D eigenvalue weighted by atomic mass is 10.0. The summed E-state index contributed by atoms with van der Waals surface area (Å²) in [6.45, 7) is 9.57. The molecule has 0 spiro atoms. The summed E-state index contributed by atoms with van der Waals surface area (Å²) in [5.74, 6) is 0. The topological polar surface area (TPSA) is 26.8 Å². The Morgan fingerprint density at radius 2 is 1.83 bits per heavy atom. The lowest BCUT2D eigenvalue weighted by Crippen LogP contribution is -2.47. The van der Waals surface area contributed by atoms with Gasteiger partial charge in [-0.15, -0.1) is 0 Å². The Hall–Kier alpha value is -2.07. The summed E-state index contributed by atoms with van der Waals surface area (Å²) in [4.78, 5) is 18.7. The first kappa shape index (κ1) is 21.6. The molecule has 1 saturated heterocycles. The fraction of sp³-hybridized carbons (Fsp3) is 0.560. The Morgan fingerprint density at radius 1 is 1.03 bits per heavy atom. The van der Waals surface area contributed by atoms with E-state index in [-0.39, 0.29) is 6.03 Å². The highest BCUT2D eigenvalue weighted by molar-refractivity contribution is 5.83. The van der Waals surface area contributed by atoms with E-state index in [1.807, 2.05) is 16.8 Å². The summed E-state index contributed by atoms with van der Waals surface area (Å²) < 4.78 is 0. The molecule has 1 aliphatic heterocycles. The van der Waals surface area contributed by atoms with E-state index < -0.39 is 0 Å². The predicted molar refractivity (Wildman–Crippen MR) is 122 cm³/mol. The molecule has 1 aliphatic rings. The Balaban J connectivity index is 1.49. The van der Waals surface area contributed by atoms with Crippen LogP contribution in [0.25, 0.3) is 10.8 Å². The van der Waals surface area contributed by atoms with Crippen LogP contribution in [0.2, 0.25) is 0 Å². The van der Waals surface area contributed by atoms with Crippen LogP contribution < -0.4 is 0 Å². The molecule has 1 heterocycles. The van der Waals surface area contributed by atoms with Gasteiger partial charge < -0.3 is 14.7 Å². The summed E-state index contributed by atoms with van der Waals surface area (Å²) in [5, 5.41) is 2.64. The maximum atomic E-state index is 12.2. The van der Waals surface area contributed by atoms with E-state index in [4.69, 9.17) is 0 Å². The lowest BCUT2D eigenvalue weighted by molar-refractivity contribution is 0.138. The first-order chi connectivity index (χ1) is 14.1. The molecule has 0 N–H and O–H groups in total. The van der Waals surface area contributed by atoms with Crippen molar-refractivity contribution >= 4 is 16.8 Å². The number of hydrogen-bond acceptors (Lipinski definition) is 2. The van der Waals surface area contributed by atoms with Crippen LogP contribution in [0.3, 0.4) is 0 Å². The van der Waals surface area contributed by atoms with Crippen LogP contribution in [0.15, 0.2) is 42.5 Å². The molecule has 0 bridgehead atoms. The van der Waals surface area contributed by atoms with E-state index in [1.165, 1.54) is 22.8 Å². The van der Waals surface area contributed by atoms with Gasteiger partial charge in [0.1, 0.15) is 0 Å². The lowest BCUT2D eigenvalue weighted by Gasteiger charge is -2.34. The van der Waals surface area contributed by atoms with Gasteiger partial charge in [-0.25, -0.2) is 4.79 Å². The number of nitrogens with zero attached hydrogens (tertiary/aromatic N) is 3. The van der Waals surface area contributed by atoms with E-state index in [2.05, 4.69) is 61.2 Å². The van der Waals surface area contributed by atoms with E-state index >= 15 is 0 Å². The van der Waals surface area contributed by atoms with Crippen LogP contribution >= 0.6 is 0 Å². The molecule has 0 saturated carbocycles. The number of carbonyl (C=O) groups is 1. The first-order valence-electron chi connectivity index (χ1n) is 11.3. The van der Waals surface area contributed by atoms with Crippen molar-refractivity contribution in [2.75, 3.05) is 39.8 Å². The number of urea groups is 1. The highest BCUT2D eigenvalue weighted by Crippen LogP contribution is 2.18. The molecular weight excluding hydrogens is 358 g/mol. The quantitative estimate of drug-likeness (QED) is 0.528. The standard InChI is InChI=1S/C25H37N3O/c1-4-14-27(16-7-8-17-28-18-9-15-26(3)25(28)29)21(2)19-22-12-13-23-10-5-6-11-24(23)20-22/h5-6,10-13,20-21H,4,7-9,14-19H2,1-3H3. The van der Waals surface area contributed by atoms with Gasteiger partial charge in [-0.3, -0.25) is 0 Å². The van der Waals surface area contributed by atoms with E-state index in [1.54, 1.807) is 0 Å². The smallest absolute Gasteiger partial charge is 0.319 e. The highest BCUT2D eigenvalue weighted by Gasteiger charge is 2.22. The Morgan fingerprint density at radius 3 is 2.62 bits per heavy atom. The van der Waals surface area contributed by atoms with Crippen molar-refractivity contribution in [3.63, 3.8) is 0 Å². The van der Waals surface area contributed by atoms with E-state index in [0.717, 1.165) is 58.4 Å². The fourth-order valence-electron chi connectivity index (χ4n) is 4.43. The average Bonchev–Trinajstić information content (AvgIpc) is 2.73. The molecule has 4 nitrogen and oxygen atoms in total. The predicted octanol–water partition coefficient (Wildman–Crippen LogP) is 5.02. The largest absolute Gasteiger partial charge is 0.328 e. The van der Waals surface area contributed by atoms with Crippen LogP contribution in [-0.4, -0.2) is 66.5 Å². The van der Waals surface area contributed by atoms with Gasteiger partial charge in [-0.1, -0.05) is 49.4 Å². The van der Waals surface area contributed by atoms with Crippen molar-refractivity contribution in [2.45, 2.75) is 52.0 Å². The van der Waals surface area contributed by atoms with Gasteiger partial charge in [0.2, 0.25) is 0 Å². The number of benzene rings is 2. The third-order valence-corrected chi connectivity index (χ3v) is 6.12. The molecule has 2 amide bonds. The van der Waals surface area contributed by atoms with Gasteiger partial charge in [-0.2, -0.15) is 0 Å². The maximum absolute atomic E-state index is 12.2. The zero-order chi connectivity index (χ0) is 20.6. The number of amides is 2. The summed E-state index contributed by atoms with van der Waals surface area (Å²) in [6, 6.07) is 16.2. The van der Waals surface area contributed by atoms with Crippen molar-refractivity contribution in [2.24, 2.45) is 0 Å². The van der Waals surface area contributed by atoms with Gasteiger partial charge in [0.25, 0.3) is 0 Å². The summed E-state index contributed by atoms with van der Waals surface area (Å²) >= 11 is 0. The molecular formula is C25H37N3O. The van der Waals surface area contributed by atoms with E-state index in [0.29, 0.717) is 6.04 Å². The normalized spacial score (nSPS) is 16.1. The fourth-order valence-corrected chi connectivity index (χ4v) is 4.43. The van der Waals surface area contributed by atoms with E-state index in [9.17, 15) is 4.79 Å². The van der Waals surface area contributed by atoms with Gasteiger partial charge in [0.05, 0.1) is 0 Å². The minimum Gasteiger partial charge on any atom is -0.328 e. The number of unbranched alkanes of at least 4 members (excludes halogenated alkanes) is 1. The first-order valence-corrected chi connectivity index (χ1v) is 11.3. The van der Waals surface area contributed by atoms with Gasteiger partial charge in [0.15, 0.2) is 0 Å². The molecule has 158 valence electrons. The second-order valence-corrected chi connectivity index (χ2v) is 8.52. The minimum absolute atomic E-state index is 0.200. The minimum atomic E-state index is 0.200. The Kier molecular flexibility index (Phi) is 7.93. The molecule has 2 aromatic carbocycles. The molecule has 0 radical (unpaired) electrons. The number of hydrogen-bond donors (Lipinski definition) is 0. The van der Waals surface area contributed by atoms with Gasteiger partial charge >= 0.3 is 6.03 Å². The summed E-state index contributed by atoms with van der Waals surface area (Å²) in [6.07, 6.45) is 5.59. The maximum Gasteiger partial charge on any atom is 0.319 e. The summed E-state index contributed by atoms with van der Waals surface area (Å²) in [5.41, 5.74) is 1.42. The zero-order valence-corrected chi connectivity index (χ0v) is 18.4. The molecule has 1 atom stereocenters. The molecule has 1 fully saturated rings. The SMILES string of the molecule is CCCN(CCCCN1CCCN(C)C1=O)C(C)Cc1ccc2ccccc2c1. The van der Waals surface area contributed by atoms with Crippen molar-refractivity contribution in [1.82, 2.24) is 14.7 Å². The third kappa shape index (κ3) is 5.96. The molecule has 29 heavy (non-hydrogen) atoms. The second-order valence-electron chi connectivity index (χ2n) is 8.52. The number of rotatable bonds is 10. The molecule has 0 aromatic heterocycles. The molecule has 0 aliphatic carbocycles. The van der Waals surface area contributed by atoms with Crippen molar-refractivity contribution < 1.29 is 4.79 Å². The Labute approximate surface area is 176 Å². The third-order valence-electron chi connectivity index (χ3n) is 6.12. The zero-order valence-electron chi connectivity index (χ0n) is 18.4. The van der Waals surface area contributed by atoms with Crippen LogP contribution in [0.1, 0.15) is 45.1 Å². The monoisotopic (exact) mass is 395 g/mol. The van der Waals surface area contributed by atoms with Crippen molar-refractivity contribution in [1.29, 1.82) is 0 Å². The van der Waals surface area contributed by atoms with Crippen LogP contribution in [0.4, 0.5) is 4.79 Å². The highest BCUT2D eigenvalue weighted by atomic mass is 16.2. The number of carbonyl (C=O) groups excluding carboxylic acids is 1. The van der Waals surface area contributed by atoms with Crippen LogP contribution in [0.5, 0.6) is 0 Å². The Bertz CT molecular complexity index is 790. The van der Waals surface area contributed by atoms with Gasteiger partial charge in [0, 0.05) is 32.7 Å². The van der Waals surface area contributed by atoms with Gasteiger partial charge in [-0.05, 0) is 68.5 Å². The molecule has 2 aromatic rings. The van der Waals surface area contributed by atoms with Crippen molar-refractivity contribution in [3.8, 4) is 0 Å². The average molecular weight is 396 g/mol.